The lowest BCUT2D eigenvalue weighted by Gasteiger charge is -2.34. The molecular weight excluding hydrogens is 278 g/mol. The first kappa shape index (κ1) is 14.9. The minimum absolute atomic E-state index is 0.213. The molecule has 1 aromatic heterocycles. The molecule has 20 heavy (non-hydrogen) atoms. The van der Waals surface area contributed by atoms with E-state index < -0.39 is 11.9 Å². The predicted molar refractivity (Wildman–Crippen MR) is 75.5 cm³/mol. The summed E-state index contributed by atoms with van der Waals surface area (Å²) in [5.41, 5.74) is 5.76. The SMILES string of the molecule is CC(C)(C)c1nnsc1C(=O)N1CCNCC1C(N)=O. The van der Waals surface area contributed by atoms with Gasteiger partial charge in [-0.05, 0) is 11.5 Å². The minimum Gasteiger partial charge on any atom is -0.368 e. The van der Waals surface area contributed by atoms with Crippen molar-refractivity contribution in [2.24, 2.45) is 5.73 Å². The Hall–Kier alpha value is -1.54. The summed E-state index contributed by atoms with van der Waals surface area (Å²) in [4.78, 5) is 26.2. The molecule has 2 rings (SSSR count). The highest BCUT2D eigenvalue weighted by Gasteiger charge is 2.35. The highest BCUT2D eigenvalue weighted by molar-refractivity contribution is 7.08. The van der Waals surface area contributed by atoms with Crippen molar-refractivity contribution in [2.75, 3.05) is 19.6 Å². The molecule has 2 amide bonds. The predicted octanol–water partition coefficient (Wildman–Crippen LogP) is -0.265. The maximum absolute atomic E-state index is 12.7. The number of piperazine rings is 1. The Kier molecular flexibility index (Phi) is 4.05. The standard InChI is InChI=1S/C12H19N5O2S/c1-12(2,3)9-8(20-16-15-9)11(19)17-5-4-14-6-7(17)10(13)18/h7,14H,4-6H2,1-3H3,(H2,13,18). The zero-order valence-corrected chi connectivity index (χ0v) is 12.7. The number of rotatable bonds is 2. The van der Waals surface area contributed by atoms with E-state index in [1.165, 1.54) is 4.90 Å². The Morgan fingerprint density at radius 1 is 1.45 bits per heavy atom. The topological polar surface area (TPSA) is 101 Å². The van der Waals surface area contributed by atoms with Crippen molar-refractivity contribution in [3.05, 3.63) is 10.6 Å². The molecule has 0 aliphatic carbocycles. The van der Waals surface area contributed by atoms with Gasteiger partial charge in [0.25, 0.3) is 5.91 Å². The van der Waals surface area contributed by atoms with Gasteiger partial charge in [0.05, 0.1) is 5.69 Å². The quantitative estimate of drug-likeness (QED) is 0.783. The Balaban J connectivity index is 2.31. The van der Waals surface area contributed by atoms with Crippen LogP contribution in [0.5, 0.6) is 0 Å². The normalized spacial score (nSPS) is 19.9. The number of amides is 2. The summed E-state index contributed by atoms with van der Waals surface area (Å²) < 4.78 is 3.89. The van der Waals surface area contributed by atoms with Gasteiger partial charge in [-0.25, -0.2) is 0 Å². The van der Waals surface area contributed by atoms with E-state index in [2.05, 4.69) is 14.9 Å². The summed E-state index contributed by atoms with van der Waals surface area (Å²) in [6.45, 7) is 7.41. The first-order valence-corrected chi connectivity index (χ1v) is 7.23. The molecule has 7 nitrogen and oxygen atoms in total. The van der Waals surface area contributed by atoms with Gasteiger partial charge < -0.3 is 16.0 Å². The second kappa shape index (κ2) is 5.45. The van der Waals surface area contributed by atoms with Crippen molar-refractivity contribution in [1.29, 1.82) is 0 Å². The fraction of sp³-hybridized carbons (Fsp3) is 0.667. The fourth-order valence-electron chi connectivity index (χ4n) is 2.15. The molecule has 1 fully saturated rings. The van der Waals surface area contributed by atoms with E-state index in [1.54, 1.807) is 0 Å². The van der Waals surface area contributed by atoms with Crippen LogP contribution >= 0.6 is 11.5 Å². The minimum atomic E-state index is -0.619. The van der Waals surface area contributed by atoms with Crippen molar-refractivity contribution < 1.29 is 9.59 Å². The summed E-state index contributed by atoms with van der Waals surface area (Å²) in [7, 11) is 0. The number of carbonyl (C=O) groups is 2. The average molecular weight is 297 g/mol. The number of aromatic nitrogens is 2. The molecule has 0 bridgehead atoms. The molecule has 1 aliphatic heterocycles. The number of hydrogen-bond donors (Lipinski definition) is 2. The zero-order chi connectivity index (χ0) is 14.9. The van der Waals surface area contributed by atoms with Gasteiger partial charge in [-0.2, -0.15) is 0 Å². The molecule has 1 saturated heterocycles. The van der Waals surface area contributed by atoms with E-state index in [9.17, 15) is 9.59 Å². The maximum Gasteiger partial charge on any atom is 0.268 e. The van der Waals surface area contributed by atoms with E-state index >= 15 is 0 Å². The Morgan fingerprint density at radius 2 is 2.15 bits per heavy atom. The number of nitrogens with two attached hydrogens (primary N) is 1. The van der Waals surface area contributed by atoms with E-state index in [0.29, 0.717) is 30.2 Å². The summed E-state index contributed by atoms with van der Waals surface area (Å²) in [5, 5.41) is 7.13. The first-order chi connectivity index (χ1) is 9.32. The molecule has 8 heteroatoms. The zero-order valence-electron chi connectivity index (χ0n) is 11.8. The molecule has 1 atom stereocenters. The van der Waals surface area contributed by atoms with E-state index in [1.807, 2.05) is 20.8 Å². The van der Waals surface area contributed by atoms with Crippen molar-refractivity contribution >= 4 is 23.3 Å². The second-order valence-electron chi connectivity index (χ2n) is 5.82. The third-order valence-corrected chi connectivity index (χ3v) is 3.94. The van der Waals surface area contributed by atoms with Crippen LogP contribution in [0.4, 0.5) is 0 Å². The van der Waals surface area contributed by atoms with Gasteiger partial charge in [-0.15, -0.1) is 5.10 Å². The van der Waals surface area contributed by atoms with Crippen molar-refractivity contribution in [3.8, 4) is 0 Å². The number of primary amides is 1. The van der Waals surface area contributed by atoms with E-state index in [-0.39, 0.29) is 11.3 Å². The van der Waals surface area contributed by atoms with Crippen LogP contribution in [-0.2, 0) is 10.2 Å². The smallest absolute Gasteiger partial charge is 0.268 e. The summed E-state index contributed by atoms with van der Waals surface area (Å²) in [6.07, 6.45) is 0. The Labute approximate surface area is 121 Å². The Bertz CT molecular complexity index is 522. The lowest BCUT2D eigenvalue weighted by atomic mass is 9.91. The molecule has 0 spiro atoms. The monoisotopic (exact) mass is 297 g/mol. The van der Waals surface area contributed by atoms with Crippen molar-refractivity contribution in [2.45, 2.75) is 32.2 Å². The molecule has 2 heterocycles. The number of nitrogens with zero attached hydrogens (tertiary/aromatic N) is 3. The molecule has 3 N–H and O–H groups in total. The second-order valence-corrected chi connectivity index (χ2v) is 6.58. The van der Waals surface area contributed by atoms with E-state index in [4.69, 9.17) is 5.73 Å². The number of nitrogens with one attached hydrogen (secondary N) is 1. The molecule has 110 valence electrons. The molecular formula is C12H19N5O2S. The fourth-order valence-corrected chi connectivity index (χ4v) is 2.99. The molecule has 0 radical (unpaired) electrons. The molecule has 1 unspecified atom stereocenters. The average Bonchev–Trinajstić information content (AvgIpc) is 2.87. The van der Waals surface area contributed by atoms with Crippen LogP contribution in [0.2, 0.25) is 0 Å². The Morgan fingerprint density at radius 3 is 2.75 bits per heavy atom. The maximum atomic E-state index is 12.7. The lowest BCUT2D eigenvalue weighted by Crippen LogP contribution is -2.58. The van der Waals surface area contributed by atoms with Crippen LogP contribution in [0.25, 0.3) is 0 Å². The third-order valence-electron chi connectivity index (χ3n) is 3.23. The van der Waals surface area contributed by atoms with E-state index in [0.717, 1.165) is 11.5 Å². The number of hydrogen-bond acceptors (Lipinski definition) is 6. The molecule has 1 aromatic rings. The van der Waals surface area contributed by atoms with Crippen LogP contribution in [-0.4, -0.2) is 52.0 Å². The van der Waals surface area contributed by atoms with Crippen LogP contribution in [0.15, 0.2) is 0 Å². The van der Waals surface area contributed by atoms with Gasteiger partial charge in [0.15, 0.2) is 0 Å². The van der Waals surface area contributed by atoms with Gasteiger partial charge in [0.1, 0.15) is 10.9 Å². The molecule has 0 saturated carbocycles. The summed E-state index contributed by atoms with van der Waals surface area (Å²) in [5.74, 6) is -0.712. The highest BCUT2D eigenvalue weighted by atomic mass is 32.1. The van der Waals surface area contributed by atoms with Crippen LogP contribution < -0.4 is 11.1 Å². The van der Waals surface area contributed by atoms with Gasteiger partial charge in [-0.3, -0.25) is 9.59 Å². The van der Waals surface area contributed by atoms with Gasteiger partial charge in [0, 0.05) is 25.0 Å². The van der Waals surface area contributed by atoms with Gasteiger partial charge in [-0.1, -0.05) is 25.3 Å². The number of carbonyl (C=O) groups excluding carboxylic acids is 2. The summed E-state index contributed by atoms with van der Waals surface area (Å²) in [6, 6.07) is -0.619. The third kappa shape index (κ3) is 2.80. The van der Waals surface area contributed by atoms with Gasteiger partial charge >= 0.3 is 0 Å². The van der Waals surface area contributed by atoms with Gasteiger partial charge in [0.2, 0.25) is 5.91 Å². The largest absolute Gasteiger partial charge is 0.368 e. The lowest BCUT2D eigenvalue weighted by molar-refractivity contribution is -0.122. The summed E-state index contributed by atoms with van der Waals surface area (Å²) >= 11 is 1.07. The van der Waals surface area contributed by atoms with Crippen LogP contribution in [0.1, 0.15) is 36.1 Å². The van der Waals surface area contributed by atoms with Crippen molar-refractivity contribution in [3.63, 3.8) is 0 Å². The molecule has 0 aromatic carbocycles. The van der Waals surface area contributed by atoms with Crippen molar-refractivity contribution in [1.82, 2.24) is 19.8 Å². The molecule has 1 aliphatic rings. The first-order valence-electron chi connectivity index (χ1n) is 6.46. The highest BCUT2D eigenvalue weighted by Crippen LogP contribution is 2.27. The van der Waals surface area contributed by atoms with Crippen LogP contribution in [0, 0.1) is 0 Å². The van der Waals surface area contributed by atoms with Crippen LogP contribution in [0.3, 0.4) is 0 Å².